The van der Waals surface area contributed by atoms with Crippen LogP contribution in [0.2, 0.25) is 0 Å². The lowest BCUT2D eigenvalue weighted by molar-refractivity contribution is -0.119. The van der Waals surface area contributed by atoms with Gasteiger partial charge in [-0.3, -0.25) is 4.79 Å². The van der Waals surface area contributed by atoms with E-state index in [1.807, 2.05) is 12.2 Å². The van der Waals surface area contributed by atoms with Gasteiger partial charge in [-0.1, -0.05) is 35.4 Å². The Hall–Kier alpha value is 0.310. The minimum atomic E-state index is -1.11. The highest BCUT2D eigenvalue weighted by Crippen LogP contribution is 2.65. The van der Waals surface area contributed by atoms with E-state index < -0.39 is 9.75 Å². The molecule has 0 saturated heterocycles. The zero-order valence-electron chi connectivity index (χ0n) is 8.14. The molecule has 0 aromatic carbocycles. The highest BCUT2D eigenvalue weighted by molar-refractivity contribution is 6.57. The fraction of sp³-hybridized carbons (Fsp3) is 0.545. The Morgan fingerprint density at radius 3 is 2.50 bits per heavy atom. The molecule has 1 saturated carbocycles. The summed E-state index contributed by atoms with van der Waals surface area (Å²) in [5, 5.41) is 0.382. The smallest absolute Gasteiger partial charge is 0.198 e. The van der Waals surface area contributed by atoms with E-state index >= 15 is 0 Å². The summed E-state index contributed by atoms with van der Waals surface area (Å²) in [7, 11) is 0. The second kappa shape index (κ2) is 3.20. The van der Waals surface area contributed by atoms with Crippen molar-refractivity contribution >= 4 is 52.2 Å². The van der Waals surface area contributed by atoms with E-state index in [0.717, 1.165) is 6.42 Å². The molecule has 0 radical (unpaired) electrons. The van der Waals surface area contributed by atoms with Gasteiger partial charge in [0.15, 0.2) is 5.78 Å². The number of fused-ring (bicyclic) bond motifs is 5. The first-order valence-electron chi connectivity index (χ1n) is 5.06. The summed E-state index contributed by atoms with van der Waals surface area (Å²) in [5.41, 5.74) is 0. The third kappa shape index (κ3) is 1.04. The van der Waals surface area contributed by atoms with E-state index in [-0.39, 0.29) is 22.7 Å². The van der Waals surface area contributed by atoms with Crippen LogP contribution in [0.4, 0.5) is 0 Å². The van der Waals surface area contributed by atoms with Gasteiger partial charge in [0.2, 0.25) is 0 Å². The van der Waals surface area contributed by atoms with Crippen molar-refractivity contribution in [2.24, 2.45) is 11.8 Å². The number of hydrogen-bond donors (Lipinski definition) is 0. The molecule has 0 amide bonds. The predicted molar refractivity (Wildman–Crippen MR) is 66.3 cm³/mol. The van der Waals surface area contributed by atoms with Gasteiger partial charge in [0, 0.05) is 17.4 Å². The number of carbonyl (C=O) groups is 1. The Labute approximate surface area is 113 Å². The quantitative estimate of drug-likeness (QED) is 0.491. The van der Waals surface area contributed by atoms with Crippen LogP contribution >= 0.6 is 46.4 Å². The fourth-order valence-corrected chi connectivity index (χ4v) is 4.73. The molecule has 86 valence electrons. The lowest BCUT2D eigenvalue weighted by atomic mass is 9.73. The molecule has 5 heteroatoms. The van der Waals surface area contributed by atoms with Crippen molar-refractivity contribution in [2.75, 3.05) is 0 Å². The van der Waals surface area contributed by atoms with Crippen molar-refractivity contribution in [3.8, 4) is 0 Å². The number of carbonyl (C=O) groups excluding carboxylic acids is 1. The Balaban J connectivity index is 2.22. The molecule has 0 aromatic rings. The van der Waals surface area contributed by atoms with Gasteiger partial charge in [-0.2, -0.15) is 0 Å². The molecule has 0 unspecified atom stereocenters. The third-order valence-electron chi connectivity index (χ3n) is 3.97. The van der Waals surface area contributed by atoms with E-state index in [4.69, 9.17) is 46.4 Å². The van der Waals surface area contributed by atoms with E-state index in [1.54, 1.807) is 0 Å². The van der Waals surface area contributed by atoms with Crippen LogP contribution in [-0.2, 0) is 4.79 Å². The molecule has 0 aliphatic heterocycles. The van der Waals surface area contributed by atoms with Gasteiger partial charge in [0.05, 0.1) is 4.87 Å². The maximum absolute atomic E-state index is 12.2. The SMILES string of the molecule is O=C1C(Cl)=C(Cl)C[C@]2(Cl)[C@@H]3C=C[C@@H](C3)[C@@]12Cl. The molecule has 4 atom stereocenters. The first-order valence-corrected chi connectivity index (χ1v) is 6.57. The molecule has 3 aliphatic rings. The first kappa shape index (κ1) is 11.4. The number of alkyl halides is 2. The lowest BCUT2D eigenvalue weighted by Gasteiger charge is -2.44. The van der Waals surface area contributed by atoms with Crippen LogP contribution < -0.4 is 0 Å². The van der Waals surface area contributed by atoms with Crippen molar-refractivity contribution in [2.45, 2.75) is 22.6 Å². The Morgan fingerprint density at radius 2 is 1.81 bits per heavy atom. The number of allylic oxidation sites excluding steroid dienone is 4. The molecule has 0 spiro atoms. The molecule has 1 fully saturated rings. The standard InChI is InChI=1S/C11H8Cl4O/c12-7-4-10(14)5-1-2-6(3-5)11(10,15)9(16)8(7)13/h1-2,5-6H,3-4H2/t5-,6+,10+,11-/m1/s1. The van der Waals surface area contributed by atoms with Crippen LogP contribution in [0.1, 0.15) is 12.8 Å². The molecule has 1 nitrogen and oxygen atoms in total. The summed E-state index contributed by atoms with van der Waals surface area (Å²) in [6, 6.07) is 0. The highest BCUT2D eigenvalue weighted by Gasteiger charge is 2.70. The van der Waals surface area contributed by atoms with Gasteiger partial charge in [0.1, 0.15) is 9.91 Å². The second-order valence-corrected chi connectivity index (χ2v) is 6.74. The van der Waals surface area contributed by atoms with Crippen LogP contribution in [0.3, 0.4) is 0 Å². The van der Waals surface area contributed by atoms with Crippen LogP contribution in [-0.4, -0.2) is 15.5 Å². The summed E-state index contributed by atoms with van der Waals surface area (Å²) in [4.78, 5) is 10.3. The van der Waals surface area contributed by atoms with Gasteiger partial charge < -0.3 is 0 Å². The molecule has 2 bridgehead atoms. The minimum Gasteiger partial charge on any atom is -0.291 e. The highest BCUT2D eigenvalue weighted by atomic mass is 35.5. The molecule has 3 rings (SSSR count). The van der Waals surface area contributed by atoms with Gasteiger partial charge in [-0.25, -0.2) is 0 Å². The molecule has 16 heavy (non-hydrogen) atoms. The van der Waals surface area contributed by atoms with Gasteiger partial charge in [0.25, 0.3) is 0 Å². The van der Waals surface area contributed by atoms with Crippen molar-refractivity contribution in [1.29, 1.82) is 0 Å². The summed E-state index contributed by atoms with van der Waals surface area (Å²) < 4.78 is 0. The average Bonchev–Trinajstić information content (AvgIpc) is 2.79. The number of rotatable bonds is 0. The van der Waals surface area contributed by atoms with E-state index in [9.17, 15) is 4.79 Å². The number of hydrogen-bond acceptors (Lipinski definition) is 1. The van der Waals surface area contributed by atoms with Gasteiger partial charge in [-0.15, -0.1) is 23.2 Å². The molecule has 0 N–H and O–H groups in total. The lowest BCUT2D eigenvalue weighted by Crippen LogP contribution is -2.57. The van der Waals surface area contributed by atoms with Gasteiger partial charge >= 0.3 is 0 Å². The number of halogens is 4. The topological polar surface area (TPSA) is 17.1 Å². The Kier molecular flexibility index (Phi) is 2.28. The third-order valence-corrected chi connectivity index (χ3v) is 6.38. The normalized spacial score (nSPS) is 50.1. The van der Waals surface area contributed by atoms with Crippen molar-refractivity contribution in [1.82, 2.24) is 0 Å². The first-order chi connectivity index (χ1) is 7.41. The fourth-order valence-electron chi connectivity index (χ4n) is 3.11. The summed E-state index contributed by atoms with van der Waals surface area (Å²) in [6.45, 7) is 0. The summed E-state index contributed by atoms with van der Waals surface area (Å²) >= 11 is 25.0. The zero-order chi connectivity index (χ0) is 11.7. The second-order valence-electron chi connectivity index (χ2n) is 4.63. The predicted octanol–water partition coefficient (Wildman–Crippen LogP) is 3.81. The Morgan fingerprint density at radius 1 is 1.19 bits per heavy atom. The molecule has 3 aliphatic carbocycles. The number of ketones is 1. The molecular formula is C11H8Cl4O. The van der Waals surface area contributed by atoms with Crippen LogP contribution in [0.15, 0.2) is 22.2 Å². The van der Waals surface area contributed by atoms with Crippen molar-refractivity contribution < 1.29 is 4.79 Å². The largest absolute Gasteiger partial charge is 0.291 e. The molecule has 0 heterocycles. The molecule has 0 aromatic heterocycles. The molecular weight excluding hydrogens is 290 g/mol. The van der Waals surface area contributed by atoms with Crippen LogP contribution in [0.5, 0.6) is 0 Å². The van der Waals surface area contributed by atoms with Crippen LogP contribution in [0, 0.1) is 11.8 Å². The van der Waals surface area contributed by atoms with Crippen molar-refractivity contribution in [3.05, 3.63) is 22.2 Å². The van der Waals surface area contributed by atoms with Crippen molar-refractivity contribution in [3.63, 3.8) is 0 Å². The van der Waals surface area contributed by atoms with Gasteiger partial charge in [-0.05, 0) is 12.3 Å². The monoisotopic (exact) mass is 296 g/mol. The van der Waals surface area contributed by atoms with E-state index in [0.29, 0.717) is 11.5 Å². The number of Topliss-reactive ketones (excluding diaryl/α,β-unsaturated/α-hetero) is 1. The summed E-state index contributed by atoms with van der Waals surface area (Å²) in [5.74, 6) is -0.235. The van der Waals surface area contributed by atoms with E-state index in [1.165, 1.54) is 0 Å². The maximum atomic E-state index is 12.2. The van der Waals surface area contributed by atoms with E-state index in [2.05, 4.69) is 0 Å². The summed E-state index contributed by atoms with van der Waals surface area (Å²) in [6.07, 6.45) is 5.19. The zero-order valence-corrected chi connectivity index (χ0v) is 11.2. The minimum absolute atomic E-state index is 0.0253. The average molecular weight is 298 g/mol. The maximum Gasteiger partial charge on any atom is 0.198 e. The Bertz CT molecular complexity index is 455. The van der Waals surface area contributed by atoms with Crippen LogP contribution in [0.25, 0.3) is 0 Å².